The second-order valence-corrected chi connectivity index (χ2v) is 4.84. The Morgan fingerprint density at radius 2 is 1.92 bits per heavy atom. The van der Waals surface area contributed by atoms with Crippen molar-refractivity contribution in [2.45, 2.75) is 4.90 Å². The molecule has 5 heteroatoms. The zero-order chi connectivity index (χ0) is 9.64. The minimum absolute atomic E-state index is 0.322. The Balaban J connectivity index is 2.68. The molecule has 0 radical (unpaired) electrons. The van der Waals surface area contributed by atoms with Gasteiger partial charge in [0.25, 0.3) is 5.91 Å². The summed E-state index contributed by atoms with van der Waals surface area (Å²) >= 11 is 0. The maximum atomic E-state index is 11.4. The van der Waals surface area contributed by atoms with Crippen LogP contribution in [0.3, 0.4) is 0 Å². The molecule has 1 amide bonds. The normalized spacial score (nSPS) is 21.5. The first kappa shape index (κ1) is 8.55. The zero-order valence-corrected chi connectivity index (χ0v) is 7.78. The van der Waals surface area contributed by atoms with Gasteiger partial charge in [-0.05, 0) is 12.1 Å². The van der Waals surface area contributed by atoms with Gasteiger partial charge in [0.15, 0.2) is 0 Å². The average molecular weight is 199 g/mol. The van der Waals surface area contributed by atoms with E-state index in [2.05, 4.69) is 0 Å². The third-order valence-corrected chi connectivity index (χ3v) is 3.96. The van der Waals surface area contributed by atoms with Gasteiger partial charge in [0.05, 0.1) is 10.5 Å². The lowest BCUT2D eigenvalue weighted by atomic mass is 10.2. The molecule has 2 rings (SSSR count). The van der Waals surface area contributed by atoms with E-state index in [0.717, 1.165) is 4.31 Å². The average Bonchev–Trinajstić information content (AvgIpc) is 2.30. The van der Waals surface area contributed by atoms with Gasteiger partial charge in [0, 0.05) is 7.05 Å². The maximum Gasteiger partial charge on any atom is 0.273 e. The zero-order valence-electron chi connectivity index (χ0n) is 6.97. The molecule has 0 unspecified atom stereocenters. The minimum Gasteiger partial charge on any atom is -0.277 e. The van der Waals surface area contributed by atoms with Gasteiger partial charge in [0.2, 0.25) is 0 Å². The summed E-state index contributed by atoms with van der Waals surface area (Å²) in [5.74, 6) is -0.337. The van der Waals surface area contributed by atoms with Crippen molar-refractivity contribution in [2.75, 3.05) is 7.05 Å². The van der Waals surface area contributed by atoms with E-state index < -0.39 is 10.8 Å². The van der Waals surface area contributed by atoms with E-state index in [9.17, 15) is 13.9 Å². The summed E-state index contributed by atoms with van der Waals surface area (Å²) in [7, 11) is -1.66. The van der Waals surface area contributed by atoms with Crippen LogP contribution in [0.1, 0.15) is 10.4 Å². The fourth-order valence-electron chi connectivity index (χ4n) is 1.31. The first-order valence-electron chi connectivity index (χ1n) is 3.70. The fraction of sp³-hybridized carbons (Fsp3) is 0.125. The van der Waals surface area contributed by atoms with Gasteiger partial charge in [-0.3, -0.25) is 13.9 Å². The topological polar surface area (TPSA) is 60.8 Å². The maximum absolute atomic E-state index is 11.4. The van der Waals surface area contributed by atoms with Crippen LogP contribution in [0.5, 0.6) is 0 Å². The van der Waals surface area contributed by atoms with Gasteiger partial charge in [0.1, 0.15) is 0 Å². The molecule has 1 aromatic rings. The summed E-state index contributed by atoms with van der Waals surface area (Å²) < 4.78 is 20.2. The van der Waals surface area contributed by atoms with Crippen molar-refractivity contribution in [2.24, 2.45) is 0 Å². The van der Waals surface area contributed by atoms with E-state index in [-0.39, 0.29) is 5.91 Å². The lowest BCUT2D eigenvalue weighted by Gasteiger charge is -2.33. The summed E-state index contributed by atoms with van der Waals surface area (Å²) in [5.41, 5.74) is 0.380. The van der Waals surface area contributed by atoms with Gasteiger partial charge in [-0.2, -0.15) is 0 Å². The number of amides is 1. The molecule has 0 bridgehead atoms. The van der Waals surface area contributed by atoms with Crippen LogP contribution in [-0.4, -0.2) is 26.4 Å². The van der Waals surface area contributed by atoms with Crippen molar-refractivity contribution in [3.63, 3.8) is 0 Å². The smallest absolute Gasteiger partial charge is 0.273 e. The Kier molecular flexibility index (Phi) is 1.63. The van der Waals surface area contributed by atoms with Crippen LogP contribution in [0, 0.1) is 0 Å². The van der Waals surface area contributed by atoms with Crippen LogP contribution < -0.4 is 0 Å². The first-order chi connectivity index (χ1) is 6.05. The number of benzene rings is 1. The second kappa shape index (κ2) is 2.47. The van der Waals surface area contributed by atoms with Crippen LogP contribution in [0.4, 0.5) is 0 Å². The van der Waals surface area contributed by atoms with Gasteiger partial charge in [-0.25, -0.2) is 4.31 Å². The summed E-state index contributed by atoms with van der Waals surface area (Å²) in [4.78, 5) is 11.8. The van der Waals surface area contributed by atoms with E-state index >= 15 is 0 Å². The van der Waals surface area contributed by atoms with Crippen LogP contribution >= 0.6 is 10.8 Å². The molecule has 1 aliphatic rings. The number of carbonyl (C=O) groups is 1. The van der Waals surface area contributed by atoms with Crippen LogP contribution in [0.2, 0.25) is 0 Å². The standard InChI is InChI=1S/C8H9NO3S/c1-9-8(10)6-4-2-3-5-7(6)13(9,11)12/h2-5,11-12H,1H3. The van der Waals surface area contributed by atoms with E-state index in [1.54, 1.807) is 24.3 Å². The predicted octanol–water partition coefficient (Wildman–Crippen LogP) is 1.80. The third-order valence-electron chi connectivity index (χ3n) is 2.08. The molecule has 1 aromatic carbocycles. The van der Waals surface area contributed by atoms with Crippen molar-refractivity contribution in [1.82, 2.24) is 4.31 Å². The molecule has 0 saturated carbocycles. The van der Waals surface area contributed by atoms with Gasteiger partial charge in [-0.1, -0.05) is 22.9 Å². The van der Waals surface area contributed by atoms with Crippen LogP contribution in [0.25, 0.3) is 0 Å². The quantitative estimate of drug-likeness (QED) is 0.669. The van der Waals surface area contributed by atoms with E-state index in [1.165, 1.54) is 7.05 Å². The summed E-state index contributed by atoms with van der Waals surface area (Å²) in [6, 6.07) is 6.53. The van der Waals surface area contributed by atoms with Crippen molar-refractivity contribution in [3.05, 3.63) is 29.8 Å². The molecular formula is C8H9NO3S. The van der Waals surface area contributed by atoms with Gasteiger partial charge in [-0.15, -0.1) is 0 Å². The molecule has 4 nitrogen and oxygen atoms in total. The molecule has 1 aliphatic heterocycles. The van der Waals surface area contributed by atoms with E-state index in [4.69, 9.17) is 0 Å². The summed E-state index contributed by atoms with van der Waals surface area (Å²) in [6.45, 7) is 0. The number of carbonyl (C=O) groups excluding carboxylic acids is 1. The van der Waals surface area contributed by atoms with Crippen LogP contribution in [-0.2, 0) is 0 Å². The number of hydrogen-bond donors (Lipinski definition) is 2. The SMILES string of the molecule is CN1C(=O)c2ccccc2S1(O)O. The van der Waals surface area contributed by atoms with Crippen molar-refractivity contribution in [3.8, 4) is 0 Å². The predicted molar refractivity (Wildman–Crippen MR) is 49.7 cm³/mol. The van der Waals surface area contributed by atoms with Crippen molar-refractivity contribution in [1.29, 1.82) is 0 Å². The molecular weight excluding hydrogens is 190 g/mol. The fourth-order valence-corrected chi connectivity index (χ4v) is 2.65. The van der Waals surface area contributed by atoms with Crippen molar-refractivity contribution < 1.29 is 13.9 Å². The number of hydrogen-bond acceptors (Lipinski definition) is 3. The Morgan fingerprint density at radius 1 is 1.31 bits per heavy atom. The third kappa shape index (κ3) is 0.980. The number of fused-ring (bicyclic) bond motifs is 1. The molecule has 0 aromatic heterocycles. The highest BCUT2D eigenvalue weighted by Gasteiger charge is 2.38. The highest BCUT2D eigenvalue weighted by Crippen LogP contribution is 2.57. The molecule has 0 aliphatic carbocycles. The molecule has 0 atom stereocenters. The molecule has 13 heavy (non-hydrogen) atoms. The summed E-state index contributed by atoms with van der Waals surface area (Å²) in [6.07, 6.45) is 0. The molecule has 0 saturated heterocycles. The number of rotatable bonds is 0. The minimum atomic E-state index is -3.05. The molecule has 70 valence electrons. The van der Waals surface area contributed by atoms with E-state index in [1.807, 2.05) is 0 Å². The highest BCUT2D eigenvalue weighted by molar-refractivity contribution is 8.23. The molecule has 1 heterocycles. The number of nitrogens with zero attached hydrogens (tertiary/aromatic N) is 1. The highest BCUT2D eigenvalue weighted by atomic mass is 32.3. The molecule has 2 N–H and O–H groups in total. The molecule has 0 fully saturated rings. The Morgan fingerprint density at radius 3 is 2.54 bits per heavy atom. The Hall–Kier alpha value is -1.04. The van der Waals surface area contributed by atoms with Gasteiger partial charge < -0.3 is 0 Å². The first-order valence-corrected chi connectivity index (χ1v) is 5.21. The van der Waals surface area contributed by atoms with Gasteiger partial charge >= 0.3 is 0 Å². The summed E-state index contributed by atoms with van der Waals surface area (Å²) in [5, 5.41) is 0. The monoisotopic (exact) mass is 199 g/mol. The largest absolute Gasteiger partial charge is 0.277 e. The Labute approximate surface area is 77.3 Å². The molecule has 0 spiro atoms. The second-order valence-electron chi connectivity index (χ2n) is 2.82. The van der Waals surface area contributed by atoms with Crippen LogP contribution in [0.15, 0.2) is 29.2 Å². The lowest BCUT2D eigenvalue weighted by molar-refractivity contribution is 0.0884. The Bertz CT molecular complexity index is 377. The lowest BCUT2D eigenvalue weighted by Crippen LogP contribution is -2.22. The van der Waals surface area contributed by atoms with E-state index in [0.29, 0.717) is 10.5 Å². The van der Waals surface area contributed by atoms with Crippen molar-refractivity contribution >= 4 is 16.7 Å².